The lowest BCUT2D eigenvalue weighted by molar-refractivity contribution is 0.367. The molecule has 0 aromatic carbocycles. The summed E-state index contributed by atoms with van der Waals surface area (Å²) in [4.78, 5) is 4.55. The van der Waals surface area contributed by atoms with Gasteiger partial charge in [-0.3, -0.25) is 0 Å². The third-order valence-corrected chi connectivity index (χ3v) is 6.05. The average Bonchev–Trinajstić information content (AvgIpc) is 2.81. The van der Waals surface area contributed by atoms with Crippen molar-refractivity contribution in [2.75, 3.05) is 49.1 Å². The standard InChI is InChI=1S/C11H17ClN4.C11H18N4/c1-8(2)9-7-16(6-5-13-9)11-4-3-10(12)14-15-11;1-9(2)10-8-15(7-6-12-10)11-4-3-5-13-14-11/h3-4,8-9,13H,5-7H2,1-2H3;3-5,9-10,12H,6-8H2,1-2H3. The van der Waals surface area contributed by atoms with Crippen molar-refractivity contribution in [1.82, 2.24) is 31.0 Å². The molecule has 0 radical (unpaired) electrons. The number of aromatic nitrogens is 4. The van der Waals surface area contributed by atoms with E-state index < -0.39 is 0 Å². The summed E-state index contributed by atoms with van der Waals surface area (Å²) in [5.74, 6) is 3.19. The third-order valence-electron chi connectivity index (χ3n) is 5.84. The van der Waals surface area contributed by atoms with E-state index in [-0.39, 0.29) is 0 Å². The van der Waals surface area contributed by atoms with Gasteiger partial charge >= 0.3 is 0 Å². The summed E-state index contributed by atoms with van der Waals surface area (Å²) in [6.45, 7) is 15.0. The molecule has 9 heteroatoms. The molecule has 31 heavy (non-hydrogen) atoms. The first-order chi connectivity index (χ1) is 14.9. The second-order valence-electron chi connectivity index (χ2n) is 8.80. The summed E-state index contributed by atoms with van der Waals surface area (Å²) >= 11 is 5.73. The SMILES string of the molecule is CC(C)C1CN(c2ccc(Cl)nn2)CCN1.CC(C)C1CN(c2cccnn2)CCN1. The lowest BCUT2D eigenvalue weighted by Crippen LogP contribution is -2.53. The van der Waals surface area contributed by atoms with E-state index in [2.05, 4.69) is 68.5 Å². The van der Waals surface area contributed by atoms with Crippen LogP contribution in [-0.2, 0) is 0 Å². The molecule has 2 unspecified atom stereocenters. The number of halogens is 1. The van der Waals surface area contributed by atoms with Gasteiger partial charge < -0.3 is 20.4 Å². The van der Waals surface area contributed by atoms with E-state index in [1.165, 1.54) is 0 Å². The summed E-state index contributed by atoms with van der Waals surface area (Å²) in [5.41, 5.74) is 0. The summed E-state index contributed by atoms with van der Waals surface area (Å²) < 4.78 is 0. The Balaban J connectivity index is 0.000000176. The van der Waals surface area contributed by atoms with Crippen molar-refractivity contribution in [3.8, 4) is 0 Å². The van der Waals surface area contributed by atoms with Crippen LogP contribution < -0.4 is 20.4 Å². The van der Waals surface area contributed by atoms with Gasteiger partial charge in [0.15, 0.2) is 16.8 Å². The molecule has 0 bridgehead atoms. The Morgan fingerprint density at radius 1 is 0.839 bits per heavy atom. The van der Waals surface area contributed by atoms with Crippen LogP contribution in [-0.4, -0.2) is 71.7 Å². The van der Waals surface area contributed by atoms with Crippen LogP contribution in [0.15, 0.2) is 30.5 Å². The van der Waals surface area contributed by atoms with E-state index in [9.17, 15) is 0 Å². The van der Waals surface area contributed by atoms with Crippen molar-refractivity contribution in [2.45, 2.75) is 39.8 Å². The maximum absolute atomic E-state index is 5.73. The predicted octanol–water partition coefficient (Wildman–Crippen LogP) is 2.48. The largest absolute Gasteiger partial charge is 0.352 e. The van der Waals surface area contributed by atoms with Gasteiger partial charge in [-0.1, -0.05) is 39.3 Å². The minimum absolute atomic E-state index is 0.444. The van der Waals surface area contributed by atoms with Crippen molar-refractivity contribution in [1.29, 1.82) is 0 Å². The van der Waals surface area contributed by atoms with Crippen LogP contribution in [0.5, 0.6) is 0 Å². The summed E-state index contributed by atoms with van der Waals surface area (Å²) in [6, 6.07) is 8.76. The van der Waals surface area contributed by atoms with Crippen LogP contribution >= 0.6 is 11.6 Å². The Labute approximate surface area is 190 Å². The van der Waals surface area contributed by atoms with Crippen LogP contribution in [0.25, 0.3) is 0 Å². The first-order valence-electron chi connectivity index (χ1n) is 11.2. The Bertz CT molecular complexity index is 771. The monoisotopic (exact) mass is 446 g/mol. The van der Waals surface area contributed by atoms with E-state index in [0.29, 0.717) is 29.1 Å². The molecule has 0 spiro atoms. The maximum Gasteiger partial charge on any atom is 0.151 e. The number of nitrogens with one attached hydrogen (secondary N) is 2. The van der Waals surface area contributed by atoms with Gasteiger partial charge in [-0.25, -0.2) is 0 Å². The minimum Gasteiger partial charge on any atom is -0.352 e. The van der Waals surface area contributed by atoms with E-state index >= 15 is 0 Å². The molecule has 4 rings (SSSR count). The Morgan fingerprint density at radius 3 is 1.87 bits per heavy atom. The van der Waals surface area contributed by atoms with E-state index in [1.54, 1.807) is 12.3 Å². The number of hydrogen-bond donors (Lipinski definition) is 2. The van der Waals surface area contributed by atoms with Crippen molar-refractivity contribution in [3.63, 3.8) is 0 Å². The van der Waals surface area contributed by atoms with Crippen molar-refractivity contribution >= 4 is 23.2 Å². The highest BCUT2D eigenvalue weighted by Crippen LogP contribution is 2.16. The van der Waals surface area contributed by atoms with E-state index in [1.807, 2.05) is 18.2 Å². The zero-order valence-corrected chi connectivity index (χ0v) is 19.8. The van der Waals surface area contributed by atoms with E-state index in [4.69, 9.17) is 11.6 Å². The molecule has 2 aromatic heterocycles. The van der Waals surface area contributed by atoms with E-state index in [0.717, 1.165) is 50.9 Å². The zero-order chi connectivity index (χ0) is 22.2. The van der Waals surface area contributed by atoms with Gasteiger partial charge in [0.25, 0.3) is 0 Å². The minimum atomic E-state index is 0.444. The highest BCUT2D eigenvalue weighted by Gasteiger charge is 2.23. The normalized spacial score (nSPS) is 21.8. The number of anilines is 2. The molecule has 2 aromatic rings. The highest BCUT2D eigenvalue weighted by atomic mass is 35.5. The van der Waals surface area contributed by atoms with Gasteiger partial charge in [0.1, 0.15) is 0 Å². The smallest absolute Gasteiger partial charge is 0.151 e. The predicted molar refractivity (Wildman–Crippen MR) is 127 cm³/mol. The van der Waals surface area contributed by atoms with Crippen molar-refractivity contribution < 1.29 is 0 Å². The fraction of sp³-hybridized carbons (Fsp3) is 0.636. The first-order valence-corrected chi connectivity index (χ1v) is 11.6. The molecule has 2 fully saturated rings. The molecule has 8 nitrogen and oxygen atoms in total. The van der Waals surface area contributed by atoms with Crippen LogP contribution in [0.4, 0.5) is 11.6 Å². The Morgan fingerprint density at radius 2 is 1.42 bits per heavy atom. The van der Waals surface area contributed by atoms with Gasteiger partial charge in [-0.15, -0.1) is 15.3 Å². The summed E-state index contributed by atoms with van der Waals surface area (Å²) in [6.07, 6.45) is 1.71. The Hall–Kier alpha value is -2.03. The molecule has 0 amide bonds. The topological polar surface area (TPSA) is 82.1 Å². The second-order valence-corrected chi connectivity index (χ2v) is 9.18. The molecule has 0 aliphatic carbocycles. The quantitative estimate of drug-likeness (QED) is 0.741. The molecule has 2 aliphatic rings. The van der Waals surface area contributed by atoms with Gasteiger partial charge in [-0.2, -0.15) is 5.10 Å². The van der Waals surface area contributed by atoms with Crippen LogP contribution in [0.1, 0.15) is 27.7 Å². The summed E-state index contributed by atoms with van der Waals surface area (Å²) in [7, 11) is 0. The Kier molecular flexibility index (Phi) is 8.80. The molecule has 2 aliphatic heterocycles. The fourth-order valence-corrected chi connectivity index (χ4v) is 3.91. The van der Waals surface area contributed by atoms with Crippen LogP contribution in [0, 0.1) is 11.8 Å². The van der Waals surface area contributed by atoms with Crippen molar-refractivity contribution in [3.05, 3.63) is 35.6 Å². The lowest BCUT2D eigenvalue weighted by atomic mass is 10.0. The first kappa shape index (κ1) is 23.6. The number of rotatable bonds is 4. The van der Waals surface area contributed by atoms with Crippen molar-refractivity contribution in [2.24, 2.45) is 11.8 Å². The number of hydrogen-bond acceptors (Lipinski definition) is 8. The molecule has 2 N–H and O–H groups in total. The lowest BCUT2D eigenvalue weighted by Gasteiger charge is -2.36. The molecular weight excluding hydrogens is 412 g/mol. The van der Waals surface area contributed by atoms with Gasteiger partial charge in [0.2, 0.25) is 0 Å². The van der Waals surface area contributed by atoms with Gasteiger partial charge in [-0.05, 0) is 36.1 Å². The van der Waals surface area contributed by atoms with Gasteiger partial charge in [0, 0.05) is 57.5 Å². The molecule has 2 atom stereocenters. The van der Waals surface area contributed by atoms with Gasteiger partial charge in [0.05, 0.1) is 0 Å². The molecule has 0 saturated carbocycles. The maximum atomic E-state index is 5.73. The third kappa shape index (κ3) is 6.98. The summed E-state index contributed by atoms with van der Waals surface area (Å²) in [5, 5.41) is 23.5. The molecule has 2 saturated heterocycles. The molecule has 170 valence electrons. The number of nitrogens with zero attached hydrogens (tertiary/aromatic N) is 6. The fourth-order valence-electron chi connectivity index (χ4n) is 3.81. The number of piperazine rings is 2. The van der Waals surface area contributed by atoms with Crippen LogP contribution in [0.2, 0.25) is 5.15 Å². The average molecular weight is 447 g/mol. The zero-order valence-electron chi connectivity index (χ0n) is 19.0. The highest BCUT2D eigenvalue weighted by molar-refractivity contribution is 6.29. The molecular formula is C22H35ClN8. The second kappa shape index (κ2) is 11.5. The van der Waals surface area contributed by atoms with Crippen LogP contribution in [0.3, 0.4) is 0 Å². The molecule has 4 heterocycles.